The average Bonchev–Trinajstić information content (AvgIpc) is 3.32. The molecule has 1 heterocycles. The van der Waals surface area contributed by atoms with Crippen molar-refractivity contribution in [3.8, 4) is 0 Å². The molecular weight excluding hydrogens is 406 g/mol. The Morgan fingerprint density at radius 1 is 1.28 bits per heavy atom. The van der Waals surface area contributed by atoms with Crippen molar-refractivity contribution in [1.29, 1.82) is 0 Å². The summed E-state index contributed by atoms with van der Waals surface area (Å²) in [6.45, 7) is 6.02. The van der Waals surface area contributed by atoms with Crippen LogP contribution in [0.2, 0.25) is 0 Å². The first-order valence-electron chi connectivity index (χ1n) is 9.78. The number of benzene rings is 1. The number of carboxylic acids is 1. The highest BCUT2D eigenvalue weighted by Gasteiger charge is 2.30. The number of thioether (sulfide) groups is 1. The summed E-state index contributed by atoms with van der Waals surface area (Å²) in [5, 5.41) is 12.7. The Balaban J connectivity index is 1.72. The molecule has 29 heavy (non-hydrogen) atoms. The number of aromatic nitrogens is 1. The summed E-state index contributed by atoms with van der Waals surface area (Å²) in [5.74, 6) is -0.371. The third kappa shape index (κ3) is 5.73. The standard InChI is InChI=1S/C21H27N3O3S2/c1-14-8-10-16(11-9-14)24(13-15-6-4-5-7-15)20(27)23-19-22-12-17(28-19)29-21(2,3)18(25)26/h8-12,15H,4-7,13H2,1-3H3,(H,25,26)(H,22,23,27). The minimum atomic E-state index is -0.954. The van der Waals surface area contributed by atoms with Gasteiger partial charge in [0.25, 0.3) is 0 Å². The molecule has 6 nitrogen and oxygen atoms in total. The van der Waals surface area contributed by atoms with E-state index in [4.69, 9.17) is 0 Å². The van der Waals surface area contributed by atoms with Crippen LogP contribution in [0.1, 0.15) is 45.1 Å². The molecule has 0 unspecified atom stereocenters. The monoisotopic (exact) mass is 433 g/mol. The van der Waals surface area contributed by atoms with Gasteiger partial charge in [0, 0.05) is 12.2 Å². The SMILES string of the molecule is Cc1ccc(N(CC2CCCC2)C(=O)Nc2ncc(SC(C)(C)C(=O)O)s2)cc1. The lowest BCUT2D eigenvalue weighted by atomic mass is 10.1. The van der Waals surface area contributed by atoms with E-state index in [2.05, 4.69) is 10.3 Å². The summed E-state index contributed by atoms with van der Waals surface area (Å²) in [5.41, 5.74) is 2.02. The Hall–Kier alpha value is -2.06. The summed E-state index contributed by atoms with van der Waals surface area (Å²) in [4.78, 5) is 30.5. The number of carbonyl (C=O) groups is 2. The summed E-state index contributed by atoms with van der Waals surface area (Å²) >= 11 is 2.52. The molecule has 2 amide bonds. The first kappa shape index (κ1) is 21.6. The third-order valence-corrected chi connectivity index (χ3v) is 7.27. The van der Waals surface area contributed by atoms with Gasteiger partial charge in [-0.05, 0) is 51.7 Å². The predicted octanol–water partition coefficient (Wildman–Crippen LogP) is 5.64. The van der Waals surface area contributed by atoms with E-state index in [9.17, 15) is 14.7 Å². The van der Waals surface area contributed by atoms with Crippen LogP contribution in [-0.2, 0) is 4.79 Å². The largest absolute Gasteiger partial charge is 0.480 e. The van der Waals surface area contributed by atoms with Crippen molar-refractivity contribution < 1.29 is 14.7 Å². The second-order valence-corrected chi connectivity index (χ2v) is 10.9. The van der Waals surface area contributed by atoms with E-state index in [1.807, 2.05) is 31.2 Å². The molecule has 0 atom stereocenters. The minimum Gasteiger partial charge on any atom is -0.480 e. The lowest BCUT2D eigenvalue weighted by Gasteiger charge is -2.26. The van der Waals surface area contributed by atoms with E-state index in [1.54, 1.807) is 24.9 Å². The Kier molecular flexibility index (Phi) is 6.85. The fraction of sp³-hybridized carbons (Fsp3) is 0.476. The fourth-order valence-electron chi connectivity index (χ4n) is 3.30. The minimum absolute atomic E-state index is 0.204. The van der Waals surface area contributed by atoms with Crippen molar-refractivity contribution in [3.05, 3.63) is 36.0 Å². The highest BCUT2D eigenvalue weighted by molar-refractivity contribution is 8.03. The molecule has 2 aromatic rings. The summed E-state index contributed by atoms with van der Waals surface area (Å²) in [7, 11) is 0. The lowest BCUT2D eigenvalue weighted by molar-refractivity contribution is -0.138. The molecule has 0 radical (unpaired) electrons. The number of rotatable bonds is 7. The van der Waals surface area contributed by atoms with Crippen molar-refractivity contribution in [2.45, 2.75) is 55.4 Å². The maximum Gasteiger partial charge on any atom is 0.328 e. The van der Waals surface area contributed by atoms with Gasteiger partial charge in [0.05, 0.1) is 10.4 Å². The van der Waals surface area contributed by atoms with Crippen LogP contribution in [0, 0.1) is 12.8 Å². The van der Waals surface area contributed by atoms with Crippen molar-refractivity contribution in [2.24, 2.45) is 5.92 Å². The average molecular weight is 434 g/mol. The van der Waals surface area contributed by atoms with Crippen molar-refractivity contribution >= 4 is 45.9 Å². The van der Waals surface area contributed by atoms with Crippen LogP contribution < -0.4 is 10.2 Å². The number of carboxylic acid groups (broad SMARTS) is 1. The van der Waals surface area contributed by atoms with Gasteiger partial charge in [-0.3, -0.25) is 15.0 Å². The molecule has 0 spiro atoms. The summed E-state index contributed by atoms with van der Waals surface area (Å²) < 4.78 is -0.199. The number of amides is 2. The Bertz CT molecular complexity index is 858. The molecule has 0 aliphatic heterocycles. The molecular formula is C21H27N3O3S2. The van der Waals surface area contributed by atoms with Crippen LogP contribution >= 0.6 is 23.1 Å². The Morgan fingerprint density at radius 2 is 1.93 bits per heavy atom. The van der Waals surface area contributed by atoms with Gasteiger partial charge in [0.15, 0.2) is 5.13 Å². The number of nitrogens with one attached hydrogen (secondary N) is 1. The summed E-state index contributed by atoms with van der Waals surface area (Å²) in [6.07, 6.45) is 6.36. The topological polar surface area (TPSA) is 82.5 Å². The van der Waals surface area contributed by atoms with Crippen LogP contribution in [-0.4, -0.2) is 33.4 Å². The fourth-order valence-corrected chi connectivity index (χ4v) is 5.56. The number of aryl methyl sites for hydroxylation is 1. The number of thiazole rings is 1. The first-order chi connectivity index (χ1) is 13.7. The van der Waals surface area contributed by atoms with Crippen LogP contribution in [0.3, 0.4) is 0 Å². The highest BCUT2D eigenvalue weighted by Crippen LogP contribution is 2.37. The second-order valence-electron chi connectivity index (χ2n) is 7.93. The second kappa shape index (κ2) is 9.17. The zero-order chi connectivity index (χ0) is 21.0. The predicted molar refractivity (Wildman–Crippen MR) is 119 cm³/mol. The van der Waals surface area contributed by atoms with Gasteiger partial charge in [0.2, 0.25) is 0 Å². The number of aliphatic carboxylic acids is 1. The normalized spacial score (nSPS) is 14.7. The number of hydrogen-bond acceptors (Lipinski definition) is 5. The van der Waals surface area contributed by atoms with E-state index in [0.717, 1.165) is 28.3 Å². The maximum absolute atomic E-state index is 13.1. The van der Waals surface area contributed by atoms with Gasteiger partial charge in [-0.25, -0.2) is 9.78 Å². The molecule has 1 aliphatic carbocycles. The lowest BCUT2D eigenvalue weighted by Crippen LogP contribution is -2.38. The van der Waals surface area contributed by atoms with Gasteiger partial charge < -0.3 is 5.11 Å². The molecule has 1 aromatic heterocycles. The zero-order valence-electron chi connectivity index (χ0n) is 17.0. The quantitative estimate of drug-likeness (QED) is 0.553. The van der Waals surface area contributed by atoms with E-state index in [-0.39, 0.29) is 6.03 Å². The number of anilines is 2. The number of nitrogens with zero attached hydrogens (tertiary/aromatic N) is 2. The first-order valence-corrected chi connectivity index (χ1v) is 11.4. The Labute approximate surface area is 179 Å². The molecule has 1 saturated carbocycles. The molecule has 156 valence electrons. The van der Waals surface area contributed by atoms with E-state index < -0.39 is 10.7 Å². The van der Waals surface area contributed by atoms with Crippen LogP contribution in [0.5, 0.6) is 0 Å². The summed E-state index contributed by atoms with van der Waals surface area (Å²) in [6, 6.07) is 7.77. The molecule has 1 aromatic carbocycles. The molecule has 1 fully saturated rings. The van der Waals surface area contributed by atoms with Crippen LogP contribution in [0.15, 0.2) is 34.7 Å². The van der Waals surface area contributed by atoms with Gasteiger partial charge in [-0.15, -0.1) is 0 Å². The van der Waals surface area contributed by atoms with E-state index >= 15 is 0 Å². The molecule has 3 rings (SSSR count). The number of hydrogen-bond donors (Lipinski definition) is 2. The van der Waals surface area contributed by atoms with E-state index in [0.29, 0.717) is 17.6 Å². The number of urea groups is 1. The Morgan fingerprint density at radius 3 is 2.55 bits per heavy atom. The third-order valence-electron chi connectivity index (χ3n) is 5.08. The highest BCUT2D eigenvalue weighted by atomic mass is 32.2. The smallest absolute Gasteiger partial charge is 0.328 e. The maximum atomic E-state index is 13.1. The molecule has 8 heteroatoms. The van der Waals surface area contributed by atoms with Crippen molar-refractivity contribution in [1.82, 2.24) is 4.98 Å². The number of carbonyl (C=O) groups excluding carboxylic acids is 1. The van der Waals surface area contributed by atoms with Crippen LogP contribution in [0.4, 0.5) is 15.6 Å². The van der Waals surface area contributed by atoms with E-state index in [1.165, 1.54) is 35.9 Å². The van der Waals surface area contributed by atoms with Gasteiger partial charge >= 0.3 is 12.0 Å². The molecule has 0 bridgehead atoms. The molecule has 2 N–H and O–H groups in total. The van der Waals surface area contributed by atoms with Gasteiger partial charge in [-0.1, -0.05) is 53.6 Å². The van der Waals surface area contributed by atoms with Gasteiger partial charge in [0.1, 0.15) is 4.75 Å². The molecule has 1 aliphatic rings. The van der Waals surface area contributed by atoms with Crippen molar-refractivity contribution in [2.75, 3.05) is 16.8 Å². The zero-order valence-corrected chi connectivity index (χ0v) is 18.6. The molecule has 0 saturated heterocycles. The van der Waals surface area contributed by atoms with Gasteiger partial charge in [-0.2, -0.15) is 0 Å². The van der Waals surface area contributed by atoms with Crippen molar-refractivity contribution in [3.63, 3.8) is 0 Å². The van der Waals surface area contributed by atoms with Crippen LogP contribution in [0.25, 0.3) is 0 Å².